The molecule has 1 N–H and O–H groups in total. The maximum Gasteiger partial charge on any atom is 0.347 e. The highest BCUT2D eigenvalue weighted by atomic mass is 79.9. The molecule has 23 heteroatoms. The number of halogens is 8. The van der Waals surface area contributed by atoms with E-state index in [0.717, 1.165) is 13.9 Å². The first-order chi connectivity index (χ1) is 28.8. The Morgan fingerprint density at radius 2 is 1.46 bits per heavy atom. The molecule has 2 fully saturated rings. The van der Waals surface area contributed by atoms with E-state index >= 15 is 8.78 Å². The van der Waals surface area contributed by atoms with E-state index in [-0.39, 0.29) is 44.9 Å². The van der Waals surface area contributed by atoms with E-state index in [2.05, 4.69) is 20.9 Å². The average molecular weight is 958 g/mol. The first kappa shape index (κ1) is 42.0. The third kappa shape index (κ3) is 5.65. The van der Waals surface area contributed by atoms with Gasteiger partial charge in [0, 0.05) is 44.5 Å². The first-order valence-corrected chi connectivity index (χ1v) is 19.4. The summed E-state index contributed by atoms with van der Waals surface area (Å²) < 4.78 is 94.1. The molecule has 4 atom stereocenters. The fourth-order valence-corrected chi connectivity index (χ4v) is 9.82. The van der Waals surface area contributed by atoms with Crippen LogP contribution in [0.25, 0.3) is 11.0 Å². The van der Waals surface area contributed by atoms with Gasteiger partial charge in [-0.3, -0.25) is 14.4 Å². The maximum atomic E-state index is 15.4. The number of aromatic nitrogens is 5. The van der Waals surface area contributed by atoms with Crippen LogP contribution in [0.5, 0.6) is 23.0 Å². The van der Waals surface area contributed by atoms with Crippen LogP contribution in [0.4, 0.5) is 27.6 Å². The highest BCUT2D eigenvalue weighted by molar-refractivity contribution is 9.10. The molecule has 4 unspecified atom stereocenters. The van der Waals surface area contributed by atoms with Crippen molar-refractivity contribution in [2.75, 3.05) is 26.2 Å². The van der Waals surface area contributed by atoms with Crippen molar-refractivity contribution in [2.24, 2.45) is 7.05 Å². The van der Waals surface area contributed by atoms with Gasteiger partial charge in [-0.25, -0.2) is 55.4 Å². The summed E-state index contributed by atoms with van der Waals surface area (Å²) in [6.45, 7) is -0.751. The second-order valence-electron chi connectivity index (χ2n) is 14.3. The number of benzene rings is 3. The summed E-state index contributed by atoms with van der Waals surface area (Å²) in [5.74, 6) is -17.6. The highest BCUT2D eigenvalue weighted by Gasteiger charge is 2.76. The van der Waals surface area contributed by atoms with Crippen LogP contribution >= 0.6 is 39.1 Å². The number of allylic oxidation sites excluding steroid dienone is 2. The molecule has 0 spiro atoms. The lowest BCUT2D eigenvalue weighted by Gasteiger charge is -2.49. The molecule has 1 aliphatic carbocycles. The topological polar surface area (TPSA) is 169 Å². The Bertz CT molecular complexity index is 3000. The second kappa shape index (κ2) is 14.5. The number of ether oxygens (including phenoxy) is 3. The fourth-order valence-electron chi connectivity index (χ4n) is 8.45. The number of phenols is 1. The number of carbonyl (C=O) groups excluding carboxylic acids is 2. The van der Waals surface area contributed by atoms with Crippen molar-refractivity contribution in [3.63, 3.8) is 0 Å². The lowest BCUT2D eigenvalue weighted by Crippen LogP contribution is -2.59. The van der Waals surface area contributed by atoms with Gasteiger partial charge in [0.05, 0.1) is 49.4 Å². The number of alkyl halides is 2. The third-order valence-electron chi connectivity index (χ3n) is 11.4. The van der Waals surface area contributed by atoms with Crippen molar-refractivity contribution in [1.82, 2.24) is 23.5 Å². The van der Waals surface area contributed by atoms with Gasteiger partial charge in [-0.1, -0.05) is 6.08 Å². The van der Waals surface area contributed by atoms with Crippen LogP contribution in [0.1, 0.15) is 29.6 Å². The number of carbonyl (C=O) groups is 2. The number of fused-ring (bicyclic) bond motifs is 5. The molecule has 5 aromatic rings. The van der Waals surface area contributed by atoms with Crippen molar-refractivity contribution in [3.8, 4) is 23.0 Å². The van der Waals surface area contributed by atoms with E-state index in [1.54, 1.807) is 12.1 Å². The number of aryl methyl sites for hydroxylation is 2. The van der Waals surface area contributed by atoms with Crippen molar-refractivity contribution < 1.29 is 50.9 Å². The van der Waals surface area contributed by atoms with Crippen LogP contribution in [-0.2, 0) is 36.1 Å². The number of aromatic hydroxyl groups is 1. The van der Waals surface area contributed by atoms with Gasteiger partial charge in [-0.2, -0.15) is 0 Å². The Hall–Kier alpha value is -5.67. The van der Waals surface area contributed by atoms with Crippen molar-refractivity contribution in [3.05, 3.63) is 112 Å². The molecule has 4 heterocycles. The lowest BCUT2D eigenvalue weighted by atomic mass is 9.64. The molecule has 0 radical (unpaired) electrons. The Morgan fingerprint density at radius 3 is 2.08 bits per heavy atom. The van der Waals surface area contributed by atoms with Crippen molar-refractivity contribution in [2.45, 2.75) is 47.6 Å². The number of hydrogen-bond acceptors (Lipinski definition) is 10. The van der Waals surface area contributed by atoms with Crippen molar-refractivity contribution in [1.29, 1.82) is 0 Å². The normalized spacial score (nSPS) is 22.0. The molecular formula is C38H28BrCl2F5N6O9. The number of rotatable bonds is 8. The Balaban J connectivity index is 1.27. The van der Waals surface area contributed by atoms with Gasteiger partial charge >= 0.3 is 11.4 Å². The van der Waals surface area contributed by atoms with Gasteiger partial charge in [0.15, 0.2) is 56.0 Å². The zero-order valence-electron chi connectivity index (χ0n) is 31.8. The van der Waals surface area contributed by atoms with E-state index in [9.17, 15) is 42.3 Å². The fraction of sp³-hybridized carbons (Fsp3) is 0.316. The van der Waals surface area contributed by atoms with Crippen molar-refractivity contribution >= 4 is 67.7 Å². The summed E-state index contributed by atoms with van der Waals surface area (Å²) in [6.07, 6.45) is 0.337. The molecule has 15 nitrogen and oxygen atoms in total. The number of nitrogens with zero attached hydrogens (tertiary/aromatic N) is 6. The molecule has 61 heavy (non-hydrogen) atoms. The van der Waals surface area contributed by atoms with E-state index in [1.807, 2.05) is 0 Å². The van der Waals surface area contributed by atoms with Gasteiger partial charge in [-0.15, -0.1) is 23.2 Å². The van der Waals surface area contributed by atoms with E-state index in [4.69, 9.17) is 37.4 Å². The van der Waals surface area contributed by atoms with Gasteiger partial charge < -0.3 is 23.9 Å². The Morgan fingerprint density at radius 1 is 0.852 bits per heavy atom. The molecule has 8 rings (SSSR count). The molecule has 2 amide bonds. The van der Waals surface area contributed by atoms with E-state index in [1.165, 1.54) is 51.2 Å². The minimum Gasteiger partial charge on any atom is -0.503 e. The summed E-state index contributed by atoms with van der Waals surface area (Å²) in [7, 11) is 5.52. The van der Waals surface area contributed by atoms with Crippen LogP contribution in [0.2, 0.25) is 0 Å². The average Bonchev–Trinajstić information content (AvgIpc) is 3.57. The highest BCUT2D eigenvalue weighted by Crippen LogP contribution is 2.64. The number of imide groups is 1. The Labute approximate surface area is 356 Å². The Kier molecular flexibility index (Phi) is 9.97. The standard InChI is InChI=1S/C38H28BrCl2F5N6O9/c1-48-19-12-22(60-3)21(59-2)11-18(19)47-17(32(48)54)6-7-49-35(57)50-8-5-15-20(52(50)36(49)58)13-37(40)33(55)51(30-28(45)26(43)25(42)27(44)29(30)46)34(56)38(37,41)24(15)14-9-16(39)31(53)23(10-14)61-4/h5,9-12,20,24,53H,6-8,13H2,1-4H3. The summed E-state index contributed by atoms with van der Waals surface area (Å²) in [6, 6.07) is 4.12. The smallest absolute Gasteiger partial charge is 0.347 e. The third-order valence-corrected chi connectivity index (χ3v) is 13.4. The molecule has 2 aliphatic heterocycles. The van der Waals surface area contributed by atoms with Gasteiger partial charge in [-0.05, 0) is 39.2 Å². The van der Waals surface area contributed by atoms with Crippen LogP contribution < -0.4 is 36.0 Å². The molecule has 3 aliphatic rings. The first-order valence-electron chi connectivity index (χ1n) is 17.9. The summed E-state index contributed by atoms with van der Waals surface area (Å²) in [5, 5.41) is 10.7. The molecule has 1 saturated carbocycles. The predicted molar refractivity (Wildman–Crippen MR) is 209 cm³/mol. The SMILES string of the molecule is COc1cc2nc(CCn3c(=O)n4n(c3=O)C3CC5(Cl)C(=O)N(c6c(F)c(F)c(F)c(F)c6F)C(=O)C5(Cl)C(c5cc(Br)c(O)c(OC)c5)C3=CC4)c(=O)n(C)c2cc1OC. The number of methoxy groups -OCH3 is 3. The number of anilines is 1. The van der Waals surface area contributed by atoms with E-state index < -0.39 is 104 Å². The molecule has 3 aromatic carbocycles. The zero-order chi connectivity index (χ0) is 44.4. The second-order valence-corrected chi connectivity index (χ2v) is 16.4. The number of hydrogen-bond donors (Lipinski definition) is 1. The minimum absolute atomic E-state index is 0.0268. The van der Waals surface area contributed by atoms with Crippen LogP contribution in [0.3, 0.4) is 0 Å². The molecule has 2 aromatic heterocycles. The van der Waals surface area contributed by atoms with Gasteiger partial charge in [0.1, 0.15) is 11.4 Å². The molecule has 0 bridgehead atoms. The van der Waals surface area contributed by atoms with Crippen LogP contribution in [-0.4, -0.2) is 71.5 Å². The summed E-state index contributed by atoms with van der Waals surface area (Å²) in [4.78, 5) is 69.3. The summed E-state index contributed by atoms with van der Waals surface area (Å²) in [5.41, 5.74) is -3.60. The maximum absolute atomic E-state index is 15.4. The zero-order valence-corrected chi connectivity index (χ0v) is 34.9. The lowest BCUT2D eigenvalue weighted by molar-refractivity contribution is -0.122. The quantitative estimate of drug-likeness (QED) is 0.0576. The molecular weight excluding hydrogens is 930 g/mol. The molecule has 320 valence electrons. The molecule has 1 saturated heterocycles. The number of amides is 2. The van der Waals surface area contributed by atoms with Gasteiger partial charge in [0.25, 0.3) is 17.4 Å². The van der Waals surface area contributed by atoms with Crippen LogP contribution in [0, 0.1) is 29.1 Å². The summed E-state index contributed by atoms with van der Waals surface area (Å²) >= 11 is 17.5. The van der Waals surface area contributed by atoms with Gasteiger partial charge in [0.2, 0.25) is 5.82 Å². The monoisotopic (exact) mass is 956 g/mol. The van der Waals surface area contributed by atoms with E-state index in [0.29, 0.717) is 22.5 Å². The minimum atomic E-state index is -2.83. The number of phenolic OH excluding ortho intramolecular Hbond substituents is 1. The van der Waals surface area contributed by atoms with Crippen LogP contribution in [0.15, 0.2) is 54.8 Å². The predicted octanol–water partition coefficient (Wildman–Crippen LogP) is 4.69. The largest absolute Gasteiger partial charge is 0.503 e.